The summed E-state index contributed by atoms with van der Waals surface area (Å²) >= 11 is 0. The Morgan fingerprint density at radius 1 is 0.875 bits per heavy atom. The molecule has 4 nitrogen and oxygen atoms in total. The van der Waals surface area contributed by atoms with Gasteiger partial charge in [-0.1, -0.05) is 46.5 Å². The van der Waals surface area contributed by atoms with E-state index in [0.29, 0.717) is 18.8 Å². The zero-order chi connectivity index (χ0) is 18.1. The number of carbonyl (C=O) groups is 2. The minimum absolute atomic E-state index is 0.259. The Hall–Kier alpha value is -1.84. The number of rotatable bonds is 11. The lowest BCUT2D eigenvalue weighted by atomic mass is 9.88. The molecule has 134 valence electrons. The minimum atomic E-state index is -0.971. The highest BCUT2D eigenvalue weighted by Crippen LogP contribution is 2.25. The summed E-state index contributed by atoms with van der Waals surface area (Å²) in [5, 5.41) is 19.0. The lowest BCUT2D eigenvalue weighted by Gasteiger charge is -2.16. The summed E-state index contributed by atoms with van der Waals surface area (Å²) in [6, 6.07) is 2.90. The number of hydrogen-bond donors (Lipinski definition) is 2. The normalized spacial score (nSPS) is 11.0. The van der Waals surface area contributed by atoms with Gasteiger partial charge in [0, 0.05) is 0 Å². The maximum Gasteiger partial charge on any atom is 0.335 e. The molecule has 0 saturated carbocycles. The summed E-state index contributed by atoms with van der Waals surface area (Å²) < 4.78 is 0. The van der Waals surface area contributed by atoms with Crippen LogP contribution in [0.2, 0.25) is 0 Å². The Morgan fingerprint density at radius 2 is 1.38 bits per heavy atom. The van der Waals surface area contributed by atoms with Crippen molar-refractivity contribution in [2.45, 2.75) is 72.1 Å². The van der Waals surface area contributed by atoms with E-state index in [1.165, 1.54) is 12.1 Å². The van der Waals surface area contributed by atoms with Crippen LogP contribution in [0.15, 0.2) is 12.1 Å². The van der Waals surface area contributed by atoms with Crippen LogP contribution >= 0.6 is 0 Å². The fraction of sp³-hybridized carbons (Fsp3) is 0.600. The van der Waals surface area contributed by atoms with E-state index in [-0.39, 0.29) is 11.1 Å². The summed E-state index contributed by atoms with van der Waals surface area (Å²) in [6.07, 6.45) is 7.32. The minimum Gasteiger partial charge on any atom is -0.478 e. The SMILES string of the molecule is CCCCCCc1c(C(=O)O)ccc(C(=O)O)c1CCCC(C)C. The molecule has 0 fully saturated rings. The van der Waals surface area contributed by atoms with Crippen molar-refractivity contribution in [3.05, 3.63) is 34.4 Å². The van der Waals surface area contributed by atoms with E-state index in [2.05, 4.69) is 20.8 Å². The van der Waals surface area contributed by atoms with Crippen LogP contribution in [-0.4, -0.2) is 22.2 Å². The van der Waals surface area contributed by atoms with Crippen LogP contribution in [0.1, 0.15) is 91.1 Å². The van der Waals surface area contributed by atoms with Gasteiger partial charge in [0.15, 0.2) is 0 Å². The van der Waals surface area contributed by atoms with E-state index in [0.717, 1.165) is 49.7 Å². The quantitative estimate of drug-likeness (QED) is 0.546. The molecular weight excluding hydrogens is 304 g/mol. The van der Waals surface area contributed by atoms with Gasteiger partial charge in [0.05, 0.1) is 11.1 Å². The highest BCUT2D eigenvalue weighted by molar-refractivity contribution is 5.95. The summed E-state index contributed by atoms with van der Waals surface area (Å²) in [5.74, 6) is -1.39. The topological polar surface area (TPSA) is 74.6 Å². The summed E-state index contributed by atoms with van der Waals surface area (Å²) in [4.78, 5) is 23.2. The van der Waals surface area contributed by atoms with Crippen LogP contribution in [0.4, 0.5) is 0 Å². The fourth-order valence-corrected chi connectivity index (χ4v) is 3.08. The molecule has 0 atom stereocenters. The van der Waals surface area contributed by atoms with Crippen LogP contribution in [0.25, 0.3) is 0 Å². The predicted molar refractivity (Wildman–Crippen MR) is 96.0 cm³/mol. The van der Waals surface area contributed by atoms with Gasteiger partial charge in [-0.25, -0.2) is 9.59 Å². The second kappa shape index (κ2) is 10.1. The molecule has 4 heteroatoms. The highest BCUT2D eigenvalue weighted by Gasteiger charge is 2.20. The molecule has 1 rings (SSSR count). The van der Waals surface area contributed by atoms with Crippen molar-refractivity contribution in [1.29, 1.82) is 0 Å². The Labute approximate surface area is 144 Å². The molecule has 0 aliphatic heterocycles. The zero-order valence-electron chi connectivity index (χ0n) is 15.1. The van der Waals surface area contributed by atoms with Gasteiger partial charge >= 0.3 is 11.9 Å². The molecule has 2 N–H and O–H groups in total. The van der Waals surface area contributed by atoms with Crippen LogP contribution in [0.5, 0.6) is 0 Å². The molecule has 0 radical (unpaired) electrons. The summed E-state index contributed by atoms with van der Waals surface area (Å²) in [7, 11) is 0. The van der Waals surface area contributed by atoms with E-state index in [1.54, 1.807) is 0 Å². The maximum atomic E-state index is 11.6. The number of benzene rings is 1. The van der Waals surface area contributed by atoms with E-state index in [4.69, 9.17) is 0 Å². The lowest BCUT2D eigenvalue weighted by molar-refractivity contribution is 0.0679. The smallest absolute Gasteiger partial charge is 0.335 e. The number of carboxylic acid groups (broad SMARTS) is 2. The highest BCUT2D eigenvalue weighted by atomic mass is 16.4. The number of aromatic carboxylic acids is 2. The molecule has 0 amide bonds. The standard InChI is InChI=1S/C20H30O4/c1-4-5-6-7-10-15-16(11-8-9-14(2)3)18(20(23)24)13-12-17(15)19(21)22/h12-14H,4-11H2,1-3H3,(H,21,22)(H,23,24). The van der Waals surface area contributed by atoms with Gasteiger partial charge in [-0.15, -0.1) is 0 Å². The van der Waals surface area contributed by atoms with Gasteiger partial charge in [0.1, 0.15) is 0 Å². The number of unbranched alkanes of at least 4 members (excludes halogenated alkanes) is 3. The largest absolute Gasteiger partial charge is 0.478 e. The summed E-state index contributed by atoms with van der Waals surface area (Å²) in [6.45, 7) is 6.40. The first-order chi connectivity index (χ1) is 11.4. The molecule has 0 bridgehead atoms. The van der Waals surface area contributed by atoms with Crippen LogP contribution in [0.3, 0.4) is 0 Å². The van der Waals surface area contributed by atoms with Crippen molar-refractivity contribution in [3.8, 4) is 0 Å². The third-order valence-corrected chi connectivity index (χ3v) is 4.38. The van der Waals surface area contributed by atoms with Crippen LogP contribution in [-0.2, 0) is 12.8 Å². The zero-order valence-corrected chi connectivity index (χ0v) is 15.1. The van der Waals surface area contributed by atoms with Crippen molar-refractivity contribution < 1.29 is 19.8 Å². The average molecular weight is 334 g/mol. The van der Waals surface area contributed by atoms with Crippen molar-refractivity contribution in [2.75, 3.05) is 0 Å². The molecule has 0 saturated heterocycles. The van der Waals surface area contributed by atoms with Gasteiger partial charge < -0.3 is 10.2 Å². The van der Waals surface area contributed by atoms with Crippen LogP contribution in [0, 0.1) is 5.92 Å². The number of carboxylic acids is 2. The van der Waals surface area contributed by atoms with Gasteiger partial charge in [-0.3, -0.25) is 0 Å². The van der Waals surface area contributed by atoms with Gasteiger partial charge in [-0.05, 0) is 54.9 Å². The number of hydrogen-bond acceptors (Lipinski definition) is 2. The van der Waals surface area contributed by atoms with E-state index in [9.17, 15) is 19.8 Å². The van der Waals surface area contributed by atoms with Gasteiger partial charge in [-0.2, -0.15) is 0 Å². The van der Waals surface area contributed by atoms with Crippen molar-refractivity contribution in [3.63, 3.8) is 0 Å². The maximum absolute atomic E-state index is 11.6. The second-order valence-corrected chi connectivity index (χ2v) is 6.82. The van der Waals surface area contributed by atoms with E-state index in [1.807, 2.05) is 0 Å². The molecule has 0 aliphatic rings. The van der Waals surface area contributed by atoms with Crippen molar-refractivity contribution in [2.24, 2.45) is 5.92 Å². The monoisotopic (exact) mass is 334 g/mol. The first-order valence-electron chi connectivity index (χ1n) is 8.99. The van der Waals surface area contributed by atoms with Crippen molar-refractivity contribution in [1.82, 2.24) is 0 Å². The Balaban J connectivity index is 3.16. The first-order valence-corrected chi connectivity index (χ1v) is 8.99. The second-order valence-electron chi connectivity index (χ2n) is 6.82. The van der Waals surface area contributed by atoms with Crippen molar-refractivity contribution >= 4 is 11.9 Å². The average Bonchev–Trinajstić information content (AvgIpc) is 2.51. The van der Waals surface area contributed by atoms with Gasteiger partial charge in [0.25, 0.3) is 0 Å². The van der Waals surface area contributed by atoms with E-state index < -0.39 is 11.9 Å². The molecule has 0 unspecified atom stereocenters. The van der Waals surface area contributed by atoms with Crippen LogP contribution < -0.4 is 0 Å². The molecule has 1 aromatic carbocycles. The molecule has 24 heavy (non-hydrogen) atoms. The molecule has 0 aliphatic carbocycles. The Bertz CT molecular complexity index is 561. The molecular formula is C20H30O4. The third kappa shape index (κ3) is 5.99. The molecule has 0 heterocycles. The third-order valence-electron chi connectivity index (χ3n) is 4.38. The fourth-order valence-electron chi connectivity index (χ4n) is 3.08. The van der Waals surface area contributed by atoms with E-state index >= 15 is 0 Å². The molecule has 0 spiro atoms. The van der Waals surface area contributed by atoms with Gasteiger partial charge in [0.2, 0.25) is 0 Å². The first kappa shape index (κ1) is 20.2. The Morgan fingerprint density at radius 3 is 1.79 bits per heavy atom. The molecule has 0 aromatic heterocycles. The molecule has 1 aromatic rings. The lowest BCUT2D eigenvalue weighted by Crippen LogP contribution is -2.12. The summed E-state index contributed by atoms with van der Waals surface area (Å²) in [5.41, 5.74) is 1.96. The predicted octanol–water partition coefficient (Wildman–Crippen LogP) is 5.18. The Kier molecular flexibility index (Phi) is 8.51.